The highest BCUT2D eigenvalue weighted by molar-refractivity contribution is 6.03. The second-order valence-electron chi connectivity index (χ2n) is 7.99. The average Bonchev–Trinajstić information content (AvgIpc) is 2.66. The zero-order valence-corrected chi connectivity index (χ0v) is 18.2. The van der Waals surface area contributed by atoms with E-state index in [2.05, 4.69) is 20.8 Å². The summed E-state index contributed by atoms with van der Waals surface area (Å²) in [7, 11) is 0. The molecule has 0 radical (unpaired) electrons. The molecule has 1 rings (SSSR count). The quantitative estimate of drug-likeness (QED) is 0.266. The van der Waals surface area contributed by atoms with Gasteiger partial charge >= 0.3 is 11.9 Å². The van der Waals surface area contributed by atoms with Crippen LogP contribution in [0.5, 0.6) is 0 Å². The molecule has 1 aromatic carbocycles. The molecular weight excluding hydrogens is 352 g/mol. The fourth-order valence-corrected chi connectivity index (χ4v) is 3.08. The predicted octanol–water partition coefficient (Wildman–Crippen LogP) is 6.58. The zero-order chi connectivity index (χ0) is 20.8. The number of hydrogen-bond donors (Lipinski definition) is 0. The van der Waals surface area contributed by atoms with Gasteiger partial charge in [0.05, 0.1) is 23.8 Å². The summed E-state index contributed by atoms with van der Waals surface area (Å²) in [5.41, 5.74) is 0.569. The van der Waals surface area contributed by atoms with Crippen LogP contribution >= 0.6 is 0 Å². The third-order valence-electron chi connectivity index (χ3n) is 4.80. The largest absolute Gasteiger partial charge is 0.462 e. The third kappa shape index (κ3) is 9.91. The van der Waals surface area contributed by atoms with Crippen molar-refractivity contribution in [1.82, 2.24) is 0 Å². The Labute approximate surface area is 171 Å². The van der Waals surface area contributed by atoms with Gasteiger partial charge in [0.2, 0.25) is 0 Å². The van der Waals surface area contributed by atoms with Gasteiger partial charge in [-0.15, -0.1) is 0 Å². The molecule has 0 aromatic heterocycles. The van der Waals surface area contributed by atoms with Crippen molar-refractivity contribution in [3.05, 3.63) is 35.4 Å². The highest BCUT2D eigenvalue weighted by Crippen LogP contribution is 2.16. The second kappa shape index (κ2) is 14.2. The Morgan fingerprint density at radius 2 is 1.43 bits per heavy atom. The van der Waals surface area contributed by atoms with Crippen LogP contribution in [0.3, 0.4) is 0 Å². The van der Waals surface area contributed by atoms with Crippen LogP contribution in [0.4, 0.5) is 0 Å². The van der Waals surface area contributed by atoms with Crippen LogP contribution in [0.1, 0.15) is 106 Å². The van der Waals surface area contributed by atoms with Gasteiger partial charge in [-0.25, -0.2) is 9.59 Å². The molecule has 0 aliphatic heterocycles. The first-order valence-electron chi connectivity index (χ1n) is 10.9. The molecule has 1 atom stereocenters. The second-order valence-corrected chi connectivity index (χ2v) is 7.99. The van der Waals surface area contributed by atoms with E-state index in [0.29, 0.717) is 12.5 Å². The van der Waals surface area contributed by atoms with Gasteiger partial charge in [-0.1, -0.05) is 71.4 Å². The molecule has 0 saturated heterocycles. The molecule has 158 valence electrons. The van der Waals surface area contributed by atoms with E-state index in [-0.39, 0.29) is 17.2 Å². The molecule has 0 spiro atoms. The van der Waals surface area contributed by atoms with Gasteiger partial charge in [-0.3, -0.25) is 0 Å². The molecule has 0 N–H and O–H groups in total. The van der Waals surface area contributed by atoms with Gasteiger partial charge in [-0.2, -0.15) is 0 Å². The summed E-state index contributed by atoms with van der Waals surface area (Å²) < 4.78 is 10.9. The van der Waals surface area contributed by atoms with E-state index in [0.717, 1.165) is 32.1 Å². The number of hydrogen-bond acceptors (Lipinski definition) is 4. The van der Waals surface area contributed by atoms with E-state index in [4.69, 9.17) is 9.47 Å². The summed E-state index contributed by atoms with van der Waals surface area (Å²) in [5, 5.41) is 0. The first-order chi connectivity index (χ1) is 13.5. The lowest BCUT2D eigenvalue weighted by Crippen LogP contribution is -2.19. The number of carbonyl (C=O) groups is 2. The summed E-state index contributed by atoms with van der Waals surface area (Å²) in [6, 6.07) is 6.74. The van der Waals surface area contributed by atoms with E-state index in [9.17, 15) is 9.59 Å². The SMILES string of the molecule is CCCCCCCCOC(=O)c1ccccc1C(=O)OC(C)CCCC(C)C. The van der Waals surface area contributed by atoms with Gasteiger partial charge in [0.1, 0.15) is 0 Å². The van der Waals surface area contributed by atoms with Crippen LogP contribution in [0.15, 0.2) is 24.3 Å². The van der Waals surface area contributed by atoms with Crippen LogP contribution in [-0.4, -0.2) is 24.6 Å². The van der Waals surface area contributed by atoms with Crippen molar-refractivity contribution < 1.29 is 19.1 Å². The number of carbonyl (C=O) groups excluding carboxylic acids is 2. The van der Waals surface area contributed by atoms with Gasteiger partial charge in [-0.05, 0) is 44.2 Å². The molecule has 0 aliphatic rings. The van der Waals surface area contributed by atoms with E-state index >= 15 is 0 Å². The van der Waals surface area contributed by atoms with Crippen molar-refractivity contribution in [3.63, 3.8) is 0 Å². The lowest BCUT2D eigenvalue weighted by molar-refractivity contribution is 0.0306. The van der Waals surface area contributed by atoms with Crippen molar-refractivity contribution in [2.45, 2.75) is 91.6 Å². The minimum absolute atomic E-state index is 0.168. The van der Waals surface area contributed by atoms with E-state index in [1.165, 1.54) is 25.7 Å². The third-order valence-corrected chi connectivity index (χ3v) is 4.80. The van der Waals surface area contributed by atoms with E-state index in [1.54, 1.807) is 24.3 Å². The normalized spacial score (nSPS) is 12.0. The van der Waals surface area contributed by atoms with Crippen molar-refractivity contribution >= 4 is 11.9 Å². The first-order valence-corrected chi connectivity index (χ1v) is 10.9. The van der Waals surface area contributed by atoms with Crippen molar-refractivity contribution in [2.75, 3.05) is 6.61 Å². The topological polar surface area (TPSA) is 52.6 Å². The molecule has 4 heteroatoms. The molecule has 28 heavy (non-hydrogen) atoms. The summed E-state index contributed by atoms with van der Waals surface area (Å²) in [5.74, 6) is -0.261. The highest BCUT2D eigenvalue weighted by Gasteiger charge is 2.20. The zero-order valence-electron chi connectivity index (χ0n) is 18.2. The van der Waals surface area contributed by atoms with Crippen LogP contribution in [0, 0.1) is 5.92 Å². The van der Waals surface area contributed by atoms with Gasteiger partial charge < -0.3 is 9.47 Å². The molecule has 0 aliphatic carbocycles. The first kappa shape index (κ1) is 24.2. The standard InChI is InChI=1S/C24H38O4/c1-5-6-7-8-9-12-18-27-23(25)21-16-10-11-17-22(21)24(26)28-20(4)15-13-14-19(2)3/h10-11,16-17,19-20H,5-9,12-15,18H2,1-4H3. The lowest BCUT2D eigenvalue weighted by Gasteiger charge is -2.15. The maximum absolute atomic E-state index is 12.5. The van der Waals surface area contributed by atoms with Crippen molar-refractivity contribution in [3.8, 4) is 0 Å². The monoisotopic (exact) mass is 390 g/mol. The van der Waals surface area contributed by atoms with Crippen LogP contribution in [0.2, 0.25) is 0 Å². The number of ether oxygens (including phenoxy) is 2. The minimum atomic E-state index is -0.454. The summed E-state index contributed by atoms with van der Waals surface area (Å²) in [6.07, 6.45) is 9.59. The molecular formula is C24H38O4. The number of benzene rings is 1. The van der Waals surface area contributed by atoms with E-state index in [1.807, 2.05) is 6.92 Å². The molecule has 0 fully saturated rings. The fourth-order valence-electron chi connectivity index (χ4n) is 3.08. The molecule has 1 unspecified atom stereocenters. The van der Waals surface area contributed by atoms with Gasteiger partial charge in [0, 0.05) is 0 Å². The fraction of sp³-hybridized carbons (Fsp3) is 0.667. The Morgan fingerprint density at radius 1 is 0.821 bits per heavy atom. The minimum Gasteiger partial charge on any atom is -0.462 e. The number of unbranched alkanes of at least 4 members (excludes halogenated alkanes) is 5. The Hall–Kier alpha value is -1.84. The lowest BCUT2D eigenvalue weighted by atomic mass is 10.0. The van der Waals surface area contributed by atoms with Crippen LogP contribution < -0.4 is 0 Å². The molecule has 4 nitrogen and oxygen atoms in total. The van der Waals surface area contributed by atoms with Gasteiger partial charge in [0.15, 0.2) is 0 Å². The predicted molar refractivity (Wildman–Crippen MR) is 114 cm³/mol. The Kier molecular flexibility index (Phi) is 12.3. The number of esters is 2. The highest BCUT2D eigenvalue weighted by atomic mass is 16.5. The molecule has 0 bridgehead atoms. The van der Waals surface area contributed by atoms with E-state index < -0.39 is 11.9 Å². The summed E-state index contributed by atoms with van der Waals surface area (Å²) in [4.78, 5) is 24.9. The molecule has 0 saturated carbocycles. The molecule has 1 aromatic rings. The van der Waals surface area contributed by atoms with Crippen molar-refractivity contribution in [2.24, 2.45) is 5.92 Å². The Morgan fingerprint density at radius 3 is 2.07 bits per heavy atom. The molecule has 0 heterocycles. The maximum Gasteiger partial charge on any atom is 0.339 e. The average molecular weight is 391 g/mol. The summed E-state index contributed by atoms with van der Waals surface area (Å²) >= 11 is 0. The smallest absolute Gasteiger partial charge is 0.339 e. The van der Waals surface area contributed by atoms with Gasteiger partial charge in [0.25, 0.3) is 0 Å². The Balaban J connectivity index is 2.49. The maximum atomic E-state index is 12.5. The summed E-state index contributed by atoms with van der Waals surface area (Å²) in [6.45, 7) is 8.85. The Bertz CT molecular complexity index is 580. The van der Waals surface area contributed by atoms with Crippen molar-refractivity contribution in [1.29, 1.82) is 0 Å². The van der Waals surface area contributed by atoms with Crippen LogP contribution in [-0.2, 0) is 9.47 Å². The van der Waals surface area contributed by atoms with Crippen LogP contribution in [0.25, 0.3) is 0 Å². The molecule has 0 amide bonds. The number of rotatable bonds is 14.